The van der Waals surface area contributed by atoms with Crippen LogP contribution in [0.1, 0.15) is 64.2 Å². The van der Waals surface area contributed by atoms with E-state index in [1.807, 2.05) is 0 Å². The lowest BCUT2D eigenvalue weighted by molar-refractivity contribution is -0.243. The minimum Gasteiger partial charge on any atom is -0.347 e. The highest BCUT2D eigenvalue weighted by atomic mass is 35.5. The zero-order chi connectivity index (χ0) is 17.8. The molecule has 0 N–H and O–H groups in total. The predicted molar refractivity (Wildman–Crippen MR) is 91.5 cm³/mol. The molecule has 3 heterocycles. The highest BCUT2D eigenvalue weighted by Crippen LogP contribution is 2.53. The van der Waals surface area contributed by atoms with Gasteiger partial charge in [0, 0.05) is 25.7 Å². The van der Waals surface area contributed by atoms with Crippen LogP contribution in [-0.4, -0.2) is 47.8 Å². The number of nitroso groups, excluding NO2 is 1. The number of hydrogen-bond donors (Lipinski definition) is 0. The molecule has 0 bridgehead atoms. The van der Waals surface area contributed by atoms with Crippen LogP contribution in [-0.2, 0) is 23.7 Å². The third-order valence-electron chi connectivity index (χ3n) is 6.57. The Morgan fingerprint density at radius 3 is 2.08 bits per heavy atom. The largest absolute Gasteiger partial charge is 0.347 e. The molecule has 0 amide bonds. The van der Waals surface area contributed by atoms with Crippen molar-refractivity contribution in [2.45, 2.75) is 105 Å². The number of ether oxygens (including phenoxy) is 5. The van der Waals surface area contributed by atoms with Gasteiger partial charge in [-0.25, -0.2) is 0 Å². The van der Waals surface area contributed by atoms with Crippen LogP contribution < -0.4 is 0 Å². The molecular weight excluding hydrogens is 362 g/mol. The Morgan fingerprint density at radius 2 is 1.42 bits per heavy atom. The molecule has 7 nitrogen and oxygen atoms in total. The second kappa shape index (κ2) is 6.36. The van der Waals surface area contributed by atoms with Gasteiger partial charge in [-0.1, -0.05) is 24.4 Å². The van der Waals surface area contributed by atoms with Crippen molar-refractivity contribution in [1.82, 2.24) is 0 Å². The van der Waals surface area contributed by atoms with Crippen molar-refractivity contribution >= 4 is 11.6 Å². The maximum absolute atomic E-state index is 11.5. The average molecular weight is 388 g/mol. The molecule has 3 saturated heterocycles. The van der Waals surface area contributed by atoms with Gasteiger partial charge in [0.1, 0.15) is 18.3 Å². The van der Waals surface area contributed by atoms with Crippen molar-refractivity contribution in [3.8, 4) is 0 Å². The van der Waals surface area contributed by atoms with Crippen molar-refractivity contribution in [3.63, 3.8) is 0 Å². The van der Waals surface area contributed by atoms with Crippen molar-refractivity contribution in [2.24, 2.45) is 5.18 Å². The summed E-state index contributed by atoms with van der Waals surface area (Å²) in [7, 11) is 0. The van der Waals surface area contributed by atoms with E-state index in [0.717, 1.165) is 51.4 Å². The van der Waals surface area contributed by atoms with Gasteiger partial charge < -0.3 is 23.7 Å². The summed E-state index contributed by atoms with van der Waals surface area (Å²) in [5.41, 5.74) is 0. The first kappa shape index (κ1) is 17.8. The smallest absolute Gasteiger partial charge is 0.306 e. The van der Waals surface area contributed by atoms with Crippen molar-refractivity contribution in [2.75, 3.05) is 6.61 Å². The summed E-state index contributed by atoms with van der Waals surface area (Å²) in [4.78, 5) is 11.5. The van der Waals surface area contributed by atoms with E-state index in [9.17, 15) is 4.91 Å². The van der Waals surface area contributed by atoms with Gasteiger partial charge in [0.2, 0.25) is 0 Å². The van der Waals surface area contributed by atoms with Gasteiger partial charge in [-0.3, -0.25) is 0 Å². The van der Waals surface area contributed by atoms with E-state index in [1.165, 1.54) is 12.8 Å². The van der Waals surface area contributed by atoms with Gasteiger partial charge in [-0.15, -0.1) is 4.91 Å². The van der Waals surface area contributed by atoms with Crippen LogP contribution >= 0.6 is 11.6 Å². The number of hydrogen-bond acceptors (Lipinski definition) is 7. The Labute approximate surface area is 157 Å². The van der Waals surface area contributed by atoms with Gasteiger partial charge in [0.05, 0.1) is 6.61 Å². The van der Waals surface area contributed by atoms with E-state index >= 15 is 0 Å². The molecule has 8 heteroatoms. The van der Waals surface area contributed by atoms with Gasteiger partial charge in [-0.2, -0.15) is 0 Å². The topological polar surface area (TPSA) is 75.6 Å². The van der Waals surface area contributed by atoms with E-state index in [-0.39, 0.29) is 6.10 Å². The molecule has 0 aromatic heterocycles. The minimum absolute atomic E-state index is 0.328. The Morgan fingerprint density at radius 1 is 0.769 bits per heavy atom. The summed E-state index contributed by atoms with van der Waals surface area (Å²) in [5, 5.41) is 1.30. The van der Waals surface area contributed by atoms with E-state index in [0.29, 0.717) is 6.61 Å². The van der Waals surface area contributed by atoms with Crippen LogP contribution in [0.4, 0.5) is 0 Å². The molecule has 0 radical (unpaired) electrons. The lowest BCUT2D eigenvalue weighted by Gasteiger charge is -2.35. The molecular formula is C18H26ClNO6. The fraction of sp³-hybridized carbons (Fsp3) is 1.00. The molecule has 3 aliphatic heterocycles. The zero-order valence-electron chi connectivity index (χ0n) is 14.9. The van der Waals surface area contributed by atoms with Crippen LogP contribution in [0.3, 0.4) is 0 Å². The van der Waals surface area contributed by atoms with Gasteiger partial charge in [-0.05, 0) is 30.9 Å². The normalized spacial score (nSPS) is 46.7. The SMILES string of the molecule is O=N[C@]1(Cl)O[C@H]([C@H]2COC3(CCCCC3)O2)[C@@H]2OC3(CCCCC3)O[C@@H]21. The Balaban J connectivity index is 1.37. The fourth-order valence-electron chi connectivity index (χ4n) is 5.26. The van der Waals surface area contributed by atoms with Crippen molar-refractivity contribution < 1.29 is 23.7 Å². The third-order valence-corrected chi connectivity index (χ3v) is 6.94. The Bertz CT molecular complexity index is 564. The molecule has 146 valence electrons. The summed E-state index contributed by atoms with van der Waals surface area (Å²) in [6.07, 6.45) is 8.05. The number of nitrogens with zero attached hydrogens (tertiary/aromatic N) is 1. The highest BCUT2D eigenvalue weighted by Gasteiger charge is 2.68. The number of alkyl halides is 1. The quantitative estimate of drug-likeness (QED) is 0.409. The predicted octanol–water partition coefficient (Wildman–Crippen LogP) is 3.56. The first-order valence-corrected chi connectivity index (χ1v) is 10.3. The van der Waals surface area contributed by atoms with Crippen LogP contribution in [0.5, 0.6) is 0 Å². The molecule has 5 rings (SSSR count). The van der Waals surface area contributed by atoms with E-state index in [1.54, 1.807) is 0 Å². The third kappa shape index (κ3) is 2.74. The van der Waals surface area contributed by atoms with Gasteiger partial charge in [0.15, 0.2) is 17.7 Å². The van der Waals surface area contributed by atoms with Gasteiger partial charge >= 0.3 is 5.18 Å². The molecule has 0 unspecified atom stereocenters. The maximum atomic E-state index is 11.5. The van der Waals surface area contributed by atoms with Crippen molar-refractivity contribution in [1.29, 1.82) is 0 Å². The molecule has 5 aliphatic rings. The van der Waals surface area contributed by atoms with Crippen LogP contribution in [0, 0.1) is 4.91 Å². The highest BCUT2D eigenvalue weighted by molar-refractivity contribution is 6.23. The van der Waals surface area contributed by atoms with Crippen molar-refractivity contribution in [3.05, 3.63) is 4.91 Å². The average Bonchev–Trinajstić information content (AvgIpc) is 3.30. The second-order valence-corrected chi connectivity index (χ2v) is 8.86. The number of halogens is 1. The Hall–Kier alpha value is -0.310. The number of fused-ring (bicyclic) bond motifs is 1. The Kier molecular flexibility index (Phi) is 4.34. The van der Waals surface area contributed by atoms with Crippen LogP contribution in [0.2, 0.25) is 0 Å². The van der Waals surface area contributed by atoms with Gasteiger partial charge in [0.25, 0.3) is 0 Å². The summed E-state index contributed by atoms with van der Waals surface area (Å²) in [6, 6.07) is 0. The fourth-order valence-corrected chi connectivity index (χ4v) is 5.53. The molecule has 26 heavy (non-hydrogen) atoms. The molecule has 2 saturated carbocycles. The second-order valence-electron chi connectivity index (χ2n) is 8.31. The zero-order valence-corrected chi connectivity index (χ0v) is 15.6. The number of rotatable bonds is 2. The molecule has 2 spiro atoms. The summed E-state index contributed by atoms with van der Waals surface area (Å²) in [5.74, 6) is -1.18. The van der Waals surface area contributed by atoms with E-state index in [2.05, 4.69) is 5.18 Å². The maximum Gasteiger partial charge on any atom is 0.306 e. The lowest BCUT2D eigenvalue weighted by atomic mass is 9.94. The molecule has 5 atom stereocenters. The monoisotopic (exact) mass is 387 g/mol. The molecule has 2 aliphatic carbocycles. The van der Waals surface area contributed by atoms with E-state index < -0.39 is 35.1 Å². The summed E-state index contributed by atoms with van der Waals surface area (Å²) < 4.78 is 30.7. The molecule has 0 aromatic rings. The summed E-state index contributed by atoms with van der Waals surface area (Å²) >= 11 is 6.41. The molecule has 0 aromatic carbocycles. The standard InChI is InChI=1S/C18H26ClNO6/c19-18(20-21)15-14(24-17(26-15)9-5-2-6-10-17)13(25-18)12-11-22-16(23-12)7-3-1-4-8-16/h12-15H,1-11H2/t12-,13-,14+,15+,18+/m1/s1. The lowest BCUT2D eigenvalue weighted by Crippen LogP contribution is -2.43. The van der Waals surface area contributed by atoms with Crippen LogP contribution in [0.25, 0.3) is 0 Å². The summed E-state index contributed by atoms with van der Waals surface area (Å²) in [6.45, 7) is 0.413. The minimum atomic E-state index is -1.76. The molecule has 5 fully saturated rings. The van der Waals surface area contributed by atoms with Crippen LogP contribution in [0.15, 0.2) is 5.18 Å². The van der Waals surface area contributed by atoms with E-state index in [4.69, 9.17) is 35.3 Å². The first-order valence-electron chi connectivity index (χ1n) is 9.96. The first-order chi connectivity index (χ1) is 12.6.